The van der Waals surface area contributed by atoms with E-state index in [2.05, 4.69) is 10.4 Å². The van der Waals surface area contributed by atoms with Gasteiger partial charge in [0, 0.05) is 17.7 Å². The van der Waals surface area contributed by atoms with Gasteiger partial charge in [-0.1, -0.05) is 35.9 Å². The molecule has 0 bridgehead atoms. The lowest BCUT2D eigenvalue weighted by Crippen LogP contribution is -2.17. The molecular formula is C22H14ClFN4O3. The van der Waals surface area contributed by atoms with Gasteiger partial charge in [-0.15, -0.1) is 0 Å². The number of benzene rings is 3. The van der Waals surface area contributed by atoms with Crippen LogP contribution in [0, 0.1) is 15.9 Å². The van der Waals surface area contributed by atoms with Crippen LogP contribution in [-0.2, 0) is 0 Å². The zero-order valence-corrected chi connectivity index (χ0v) is 16.6. The summed E-state index contributed by atoms with van der Waals surface area (Å²) in [6.45, 7) is 0. The molecule has 7 nitrogen and oxygen atoms in total. The molecule has 0 aliphatic carbocycles. The van der Waals surface area contributed by atoms with Crippen molar-refractivity contribution in [2.24, 2.45) is 0 Å². The van der Waals surface area contributed by atoms with Crippen LogP contribution < -0.4 is 5.32 Å². The Morgan fingerprint density at radius 1 is 1.03 bits per heavy atom. The lowest BCUT2D eigenvalue weighted by Gasteiger charge is -2.10. The first-order valence-corrected chi connectivity index (χ1v) is 9.47. The summed E-state index contributed by atoms with van der Waals surface area (Å²) in [7, 11) is 0. The van der Waals surface area contributed by atoms with E-state index < -0.39 is 16.6 Å². The number of para-hydroxylation sites is 2. The molecule has 31 heavy (non-hydrogen) atoms. The molecule has 0 atom stereocenters. The average molecular weight is 437 g/mol. The number of nitrogens with one attached hydrogen (secondary N) is 1. The molecule has 4 aromatic rings. The number of hydrogen-bond acceptors (Lipinski definition) is 4. The quantitative estimate of drug-likeness (QED) is 0.330. The van der Waals surface area contributed by atoms with Gasteiger partial charge < -0.3 is 5.32 Å². The van der Waals surface area contributed by atoms with Gasteiger partial charge in [0.2, 0.25) is 0 Å². The topological polar surface area (TPSA) is 90.1 Å². The highest BCUT2D eigenvalue weighted by Gasteiger charge is 2.20. The van der Waals surface area contributed by atoms with Crippen molar-refractivity contribution >= 4 is 28.9 Å². The van der Waals surface area contributed by atoms with Crippen molar-refractivity contribution in [2.45, 2.75) is 0 Å². The lowest BCUT2D eigenvalue weighted by molar-refractivity contribution is -0.384. The maximum absolute atomic E-state index is 14.0. The average Bonchev–Trinajstić information content (AvgIpc) is 3.21. The highest BCUT2D eigenvalue weighted by Crippen LogP contribution is 2.27. The van der Waals surface area contributed by atoms with Crippen molar-refractivity contribution in [1.29, 1.82) is 0 Å². The third-order valence-corrected chi connectivity index (χ3v) is 4.84. The summed E-state index contributed by atoms with van der Waals surface area (Å²) in [6.07, 6.45) is 0. The molecule has 0 saturated heterocycles. The van der Waals surface area contributed by atoms with Crippen molar-refractivity contribution in [3.8, 4) is 16.9 Å². The van der Waals surface area contributed by atoms with Gasteiger partial charge in [-0.2, -0.15) is 5.10 Å². The Kier molecular flexibility index (Phi) is 5.46. The Labute approximate surface area is 180 Å². The summed E-state index contributed by atoms with van der Waals surface area (Å²) in [4.78, 5) is 23.4. The third kappa shape index (κ3) is 4.15. The first kappa shape index (κ1) is 20.2. The SMILES string of the molecule is O=C(Nc1ccccc1F)c1cc(-c2ccc([N+](=O)[O-])cc2)nn1-c1ccccc1Cl. The number of carbonyl (C=O) groups excluding carboxylic acids is 1. The highest BCUT2D eigenvalue weighted by molar-refractivity contribution is 6.32. The summed E-state index contributed by atoms with van der Waals surface area (Å²) in [5.74, 6) is -1.17. The molecule has 1 aromatic heterocycles. The van der Waals surface area contributed by atoms with Crippen LogP contribution in [-0.4, -0.2) is 20.6 Å². The summed E-state index contributed by atoms with van der Waals surface area (Å²) >= 11 is 6.30. The predicted octanol–water partition coefficient (Wildman–Crippen LogP) is 5.49. The van der Waals surface area contributed by atoms with Crippen LogP contribution in [0.25, 0.3) is 16.9 Å². The first-order chi connectivity index (χ1) is 14.9. The smallest absolute Gasteiger partial charge is 0.274 e. The highest BCUT2D eigenvalue weighted by atomic mass is 35.5. The molecule has 1 amide bonds. The van der Waals surface area contributed by atoms with E-state index in [1.807, 2.05) is 0 Å². The van der Waals surface area contributed by atoms with Crippen LogP contribution in [0.15, 0.2) is 78.9 Å². The molecule has 0 fully saturated rings. The number of nitrogens with zero attached hydrogens (tertiary/aromatic N) is 3. The van der Waals surface area contributed by atoms with Gasteiger partial charge in [-0.25, -0.2) is 9.07 Å². The normalized spacial score (nSPS) is 10.6. The zero-order chi connectivity index (χ0) is 22.0. The molecule has 0 radical (unpaired) electrons. The minimum Gasteiger partial charge on any atom is -0.318 e. The number of carbonyl (C=O) groups is 1. The van der Waals surface area contributed by atoms with Gasteiger partial charge in [-0.05, 0) is 42.5 Å². The number of anilines is 1. The van der Waals surface area contributed by atoms with Gasteiger partial charge in [0.05, 0.1) is 27.0 Å². The minimum atomic E-state index is -0.592. The zero-order valence-electron chi connectivity index (χ0n) is 15.8. The Bertz CT molecular complexity index is 1290. The Hall–Kier alpha value is -4.04. The standard InChI is InChI=1S/C22H14ClFN4O3/c23-16-5-1-4-8-20(16)27-21(22(29)25-18-7-3-2-6-17(18)24)13-19(26-27)14-9-11-15(12-10-14)28(30)31/h1-13H,(H,25,29). The van der Waals surface area contributed by atoms with Crippen LogP contribution in [0.5, 0.6) is 0 Å². The summed E-state index contributed by atoms with van der Waals surface area (Å²) in [6, 6.07) is 19.9. The molecular weight excluding hydrogens is 423 g/mol. The van der Waals surface area contributed by atoms with Gasteiger partial charge in [0.1, 0.15) is 11.5 Å². The second kappa shape index (κ2) is 8.37. The fraction of sp³-hybridized carbons (Fsp3) is 0. The van der Waals surface area contributed by atoms with E-state index in [0.29, 0.717) is 22.0 Å². The summed E-state index contributed by atoms with van der Waals surface area (Å²) in [5, 5.41) is 18.3. The number of amides is 1. The van der Waals surface area contributed by atoms with Crippen LogP contribution in [0.1, 0.15) is 10.5 Å². The molecule has 1 N–H and O–H groups in total. The number of halogens is 2. The number of aromatic nitrogens is 2. The number of hydrogen-bond donors (Lipinski definition) is 1. The molecule has 0 aliphatic heterocycles. The Balaban J connectivity index is 1.79. The Morgan fingerprint density at radius 2 is 1.71 bits per heavy atom. The lowest BCUT2D eigenvalue weighted by atomic mass is 10.1. The van der Waals surface area contributed by atoms with E-state index in [1.165, 1.54) is 53.2 Å². The fourth-order valence-electron chi connectivity index (χ4n) is 2.99. The number of non-ortho nitro benzene ring substituents is 1. The predicted molar refractivity (Wildman–Crippen MR) is 115 cm³/mol. The molecule has 1 heterocycles. The fourth-order valence-corrected chi connectivity index (χ4v) is 3.21. The summed E-state index contributed by atoms with van der Waals surface area (Å²) in [5.41, 5.74) is 1.49. The van der Waals surface area contributed by atoms with Crippen molar-refractivity contribution in [3.05, 3.63) is 106 Å². The molecule has 0 saturated carbocycles. The molecule has 0 aliphatic rings. The molecule has 154 valence electrons. The van der Waals surface area contributed by atoms with E-state index in [-0.39, 0.29) is 17.1 Å². The van der Waals surface area contributed by atoms with Crippen LogP contribution >= 0.6 is 11.6 Å². The van der Waals surface area contributed by atoms with Crippen molar-refractivity contribution in [3.63, 3.8) is 0 Å². The monoisotopic (exact) mass is 436 g/mol. The van der Waals surface area contributed by atoms with Gasteiger partial charge in [0.15, 0.2) is 0 Å². The van der Waals surface area contributed by atoms with Gasteiger partial charge >= 0.3 is 0 Å². The van der Waals surface area contributed by atoms with E-state index in [1.54, 1.807) is 30.3 Å². The minimum absolute atomic E-state index is 0.0243. The number of nitro benzene ring substituents is 1. The van der Waals surface area contributed by atoms with Crippen LogP contribution in [0.4, 0.5) is 15.8 Å². The second-order valence-corrected chi connectivity index (χ2v) is 6.92. The van der Waals surface area contributed by atoms with Crippen molar-refractivity contribution < 1.29 is 14.1 Å². The van der Waals surface area contributed by atoms with Crippen LogP contribution in [0.3, 0.4) is 0 Å². The molecule has 0 spiro atoms. The van der Waals surface area contributed by atoms with Gasteiger partial charge in [0.25, 0.3) is 11.6 Å². The molecule has 4 rings (SSSR count). The Morgan fingerprint density at radius 3 is 2.39 bits per heavy atom. The van der Waals surface area contributed by atoms with Crippen molar-refractivity contribution in [2.75, 3.05) is 5.32 Å². The maximum Gasteiger partial charge on any atom is 0.274 e. The van der Waals surface area contributed by atoms with E-state index in [9.17, 15) is 19.3 Å². The molecule has 0 unspecified atom stereocenters. The van der Waals surface area contributed by atoms with E-state index in [4.69, 9.17) is 11.6 Å². The number of nitro groups is 1. The van der Waals surface area contributed by atoms with Crippen molar-refractivity contribution in [1.82, 2.24) is 9.78 Å². The summed E-state index contributed by atoms with van der Waals surface area (Å²) < 4.78 is 15.4. The van der Waals surface area contributed by atoms with Crippen LogP contribution in [0.2, 0.25) is 5.02 Å². The maximum atomic E-state index is 14.0. The largest absolute Gasteiger partial charge is 0.318 e. The third-order valence-electron chi connectivity index (χ3n) is 4.52. The van der Waals surface area contributed by atoms with E-state index in [0.717, 1.165) is 0 Å². The second-order valence-electron chi connectivity index (χ2n) is 6.52. The molecule has 9 heteroatoms. The molecule has 3 aromatic carbocycles. The number of rotatable bonds is 5. The van der Waals surface area contributed by atoms with Gasteiger partial charge in [-0.3, -0.25) is 14.9 Å². The van der Waals surface area contributed by atoms with E-state index >= 15 is 0 Å². The first-order valence-electron chi connectivity index (χ1n) is 9.10.